The summed E-state index contributed by atoms with van der Waals surface area (Å²) in [6, 6.07) is 12.4. The largest absolute Gasteiger partial charge is 0.322 e. The van der Waals surface area contributed by atoms with Crippen LogP contribution >= 0.6 is 23.2 Å². The summed E-state index contributed by atoms with van der Waals surface area (Å²) in [7, 11) is 0. The third-order valence-electron chi connectivity index (χ3n) is 5.70. The van der Waals surface area contributed by atoms with E-state index in [1.165, 1.54) is 4.90 Å². The van der Waals surface area contributed by atoms with E-state index in [0.717, 1.165) is 22.5 Å². The molecule has 3 aromatic rings. The zero-order valence-corrected chi connectivity index (χ0v) is 24.0. The fraction of sp³-hybridized carbons (Fsp3) is 0.393. The highest BCUT2D eigenvalue weighted by molar-refractivity contribution is 6.42. The van der Waals surface area contributed by atoms with Gasteiger partial charge in [0.2, 0.25) is 5.91 Å². The summed E-state index contributed by atoms with van der Waals surface area (Å²) in [5.41, 5.74) is 4.20. The van der Waals surface area contributed by atoms with Crippen molar-refractivity contribution in [1.82, 2.24) is 14.7 Å². The molecule has 0 unspecified atom stereocenters. The number of carbonyl (C=O) groups excluding carboxylic acids is 2. The van der Waals surface area contributed by atoms with Crippen LogP contribution in [0, 0.1) is 19.8 Å². The van der Waals surface area contributed by atoms with Crippen molar-refractivity contribution in [3.63, 3.8) is 0 Å². The molecule has 0 atom stereocenters. The monoisotopic (exact) mass is 543 g/mol. The summed E-state index contributed by atoms with van der Waals surface area (Å²) >= 11 is 12.1. The minimum Gasteiger partial charge on any atom is -0.315 e. The Morgan fingerprint density at radius 3 is 2.30 bits per heavy atom. The van der Waals surface area contributed by atoms with E-state index in [-0.39, 0.29) is 23.8 Å². The van der Waals surface area contributed by atoms with Gasteiger partial charge in [-0.05, 0) is 49.6 Å². The smallest absolute Gasteiger partial charge is 0.315 e. The molecular formula is C28H35Cl2N5O2. The van der Waals surface area contributed by atoms with E-state index >= 15 is 0 Å². The lowest BCUT2D eigenvalue weighted by Crippen LogP contribution is -2.42. The van der Waals surface area contributed by atoms with Crippen LogP contribution in [0.4, 0.5) is 16.3 Å². The van der Waals surface area contributed by atoms with Gasteiger partial charge in [0, 0.05) is 23.7 Å². The highest BCUT2D eigenvalue weighted by Crippen LogP contribution is 2.28. The second kappa shape index (κ2) is 11.6. The minimum atomic E-state index is -0.402. The van der Waals surface area contributed by atoms with Crippen LogP contribution < -0.4 is 10.6 Å². The van der Waals surface area contributed by atoms with E-state index in [2.05, 4.69) is 37.5 Å². The Balaban J connectivity index is 1.85. The van der Waals surface area contributed by atoms with Crippen LogP contribution in [0.1, 0.15) is 51.4 Å². The van der Waals surface area contributed by atoms with Gasteiger partial charge >= 0.3 is 6.03 Å². The molecular weight excluding hydrogens is 509 g/mol. The fourth-order valence-electron chi connectivity index (χ4n) is 3.86. The molecule has 9 heteroatoms. The van der Waals surface area contributed by atoms with Crippen molar-refractivity contribution in [3.05, 3.63) is 69.3 Å². The van der Waals surface area contributed by atoms with Gasteiger partial charge in [0.05, 0.1) is 21.4 Å². The van der Waals surface area contributed by atoms with Crippen LogP contribution in [-0.4, -0.2) is 39.7 Å². The van der Waals surface area contributed by atoms with Crippen LogP contribution in [0.2, 0.25) is 10.0 Å². The van der Waals surface area contributed by atoms with Crippen LogP contribution in [0.5, 0.6) is 0 Å². The molecule has 1 heterocycles. The van der Waals surface area contributed by atoms with Crippen LogP contribution in [0.15, 0.2) is 42.5 Å². The number of nitrogens with one attached hydrogen (secondary N) is 2. The Hall–Kier alpha value is -3.03. The van der Waals surface area contributed by atoms with Gasteiger partial charge in [-0.2, -0.15) is 5.10 Å². The van der Waals surface area contributed by atoms with Crippen LogP contribution in [0.3, 0.4) is 0 Å². The van der Waals surface area contributed by atoms with Crippen molar-refractivity contribution in [2.24, 2.45) is 5.92 Å². The Morgan fingerprint density at radius 1 is 1.00 bits per heavy atom. The quantitative estimate of drug-likeness (QED) is 0.330. The van der Waals surface area contributed by atoms with E-state index in [1.54, 1.807) is 22.9 Å². The lowest BCUT2D eigenvalue weighted by atomic mass is 9.92. The highest BCUT2D eigenvalue weighted by Gasteiger charge is 2.24. The topological polar surface area (TPSA) is 79.3 Å². The summed E-state index contributed by atoms with van der Waals surface area (Å²) in [6.45, 7) is 14.5. The number of amides is 3. The zero-order valence-electron chi connectivity index (χ0n) is 22.4. The van der Waals surface area contributed by atoms with Gasteiger partial charge in [-0.1, -0.05) is 75.5 Å². The molecule has 1 aromatic heterocycles. The Bertz CT molecular complexity index is 1290. The maximum atomic E-state index is 13.2. The molecule has 0 aliphatic heterocycles. The number of halogens is 2. The van der Waals surface area contributed by atoms with Crippen molar-refractivity contribution in [3.8, 4) is 5.69 Å². The minimum absolute atomic E-state index is 0.131. The average molecular weight is 545 g/mol. The third-order valence-corrected chi connectivity index (χ3v) is 6.44. The number of urea groups is 1. The Kier molecular flexibility index (Phi) is 8.92. The number of aromatic nitrogens is 2. The Morgan fingerprint density at radius 2 is 1.70 bits per heavy atom. The van der Waals surface area contributed by atoms with Crippen LogP contribution in [-0.2, 0) is 10.2 Å². The molecule has 2 aromatic carbocycles. The number of aryl methyl sites for hydroxylation is 2. The lowest BCUT2D eigenvalue weighted by molar-refractivity contribution is -0.116. The van der Waals surface area contributed by atoms with Gasteiger partial charge < -0.3 is 15.5 Å². The molecule has 0 fully saturated rings. The SMILES string of the molecule is Cc1ccc(-n2nc(C(C)(C)C)cc2NC(=O)CN(CC(C)C)C(=O)Nc2ccc(Cl)c(Cl)c2)c(C)c1. The molecule has 2 N–H and O–H groups in total. The van der Waals surface area contributed by atoms with E-state index < -0.39 is 6.03 Å². The van der Waals surface area contributed by atoms with Gasteiger partial charge in [0.1, 0.15) is 12.4 Å². The second-order valence-corrected chi connectivity index (χ2v) is 11.6. The van der Waals surface area contributed by atoms with Gasteiger partial charge in [0.15, 0.2) is 0 Å². The molecule has 0 spiro atoms. The van der Waals surface area contributed by atoms with Crippen LogP contribution in [0.25, 0.3) is 5.69 Å². The van der Waals surface area contributed by atoms with Gasteiger partial charge in [-0.15, -0.1) is 0 Å². The first-order valence-corrected chi connectivity index (χ1v) is 13.0. The second-order valence-electron chi connectivity index (χ2n) is 10.7. The first kappa shape index (κ1) is 28.5. The number of rotatable bonds is 7. The van der Waals surface area contributed by atoms with Crippen molar-refractivity contribution < 1.29 is 9.59 Å². The van der Waals surface area contributed by atoms with Crippen molar-refractivity contribution in [2.75, 3.05) is 23.7 Å². The number of carbonyl (C=O) groups is 2. The normalized spacial score (nSPS) is 11.5. The lowest BCUT2D eigenvalue weighted by Gasteiger charge is -2.24. The van der Waals surface area contributed by atoms with E-state index in [4.69, 9.17) is 28.3 Å². The summed E-state index contributed by atoms with van der Waals surface area (Å²) < 4.78 is 1.76. The molecule has 7 nitrogen and oxygen atoms in total. The van der Waals surface area contributed by atoms with Gasteiger partial charge in [-0.3, -0.25) is 4.79 Å². The number of hydrogen-bond acceptors (Lipinski definition) is 3. The molecule has 3 rings (SSSR count). The van der Waals surface area contributed by atoms with Crippen molar-refractivity contribution in [1.29, 1.82) is 0 Å². The first-order chi connectivity index (χ1) is 17.2. The predicted molar refractivity (Wildman–Crippen MR) is 152 cm³/mol. The molecule has 0 aliphatic carbocycles. The standard InChI is InChI=1S/C28H35Cl2N5O2/c1-17(2)15-34(27(37)31-20-9-10-21(29)22(30)13-20)16-26(36)32-25-14-24(28(5,6)7)33-35(25)23-11-8-18(3)12-19(23)4/h8-14,17H,15-16H2,1-7H3,(H,31,37)(H,32,36). The van der Waals surface area contributed by atoms with E-state index in [9.17, 15) is 9.59 Å². The fourth-order valence-corrected chi connectivity index (χ4v) is 4.15. The summed E-state index contributed by atoms with van der Waals surface area (Å²) in [5.74, 6) is 0.383. The van der Waals surface area contributed by atoms with E-state index in [0.29, 0.717) is 28.1 Å². The molecule has 37 heavy (non-hydrogen) atoms. The van der Waals surface area contributed by atoms with Crippen molar-refractivity contribution in [2.45, 2.75) is 53.9 Å². The molecule has 0 aliphatic rings. The van der Waals surface area contributed by atoms with Crippen molar-refractivity contribution >= 4 is 46.6 Å². The number of hydrogen-bond donors (Lipinski definition) is 2. The summed E-state index contributed by atoms with van der Waals surface area (Å²) in [5, 5.41) is 11.3. The number of anilines is 2. The number of nitrogens with zero attached hydrogens (tertiary/aromatic N) is 3. The summed E-state index contributed by atoms with van der Waals surface area (Å²) in [6.07, 6.45) is 0. The zero-order chi connectivity index (χ0) is 27.5. The van der Waals surface area contributed by atoms with E-state index in [1.807, 2.05) is 45.9 Å². The summed E-state index contributed by atoms with van der Waals surface area (Å²) in [4.78, 5) is 27.8. The molecule has 3 amide bonds. The maximum Gasteiger partial charge on any atom is 0.322 e. The number of benzene rings is 2. The predicted octanol–water partition coefficient (Wildman–Crippen LogP) is 7.22. The third kappa shape index (κ3) is 7.49. The Labute approximate surface area is 229 Å². The van der Waals surface area contributed by atoms with Gasteiger partial charge in [0.25, 0.3) is 0 Å². The molecule has 0 saturated carbocycles. The highest BCUT2D eigenvalue weighted by atomic mass is 35.5. The van der Waals surface area contributed by atoms with Gasteiger partial charge in [-0.25, -0.2) is 9.48 Å². The first-order valence-electron chi connectivity index (χ1n) is 12.2. The average Bonchev–Trinajstić information content (AvgIpc) is 3.19. The molecule has 198 valence electrons. The molecule has 0 radical (unpaired) electrons. The molecule has 0 bridgehead atoms. The molecule has 0 saturated heterocycles. The maximum absolute atomic E-state index is 13.2.